The molecule has 0 atom stereocenters. The van der Waals surface area contributed by atoms with E-state index in [0.717, 1.165) is 11.9 Å². The fourth-order valence-electron chi connectivity index (χ4n) is 1.80. The van der Waals surface area contributed by atoms with Gasteiger partial charge < -0.3 is 0 Å². The summed E-state index contributed by atoms with van der Waals surface area (Å²) in [4.78, 5) is 15.6. The zero-order chi connectivity index (χ0) is 18.9. The Bertz CT molecular complexity index is 1190. The highest BCUT2D eigenvalue weighted by Gasteiger charge is 2.14. The van der Waals surface area contributed by atoms with Crippen LogP contribution in [0.1, 0.15) is 0 Å². The van der Waals surface area contributed by atoms with Crippen molar-refractivity contribution in [1.82, 2.24) is 39.2 Å². The van der Waals surface area contributed by atoms with Crippen molar-refractivity contribution in [3.63, 3.8) is 0 Å². The number of sulfone groups is 1. The minimum Gasteiger partial charge on any atom is -0.221 e. The van der Waals surface area contributed by atoms with Gasteiger partial charge in [0.25, 0.3) is 5.16 Å². The van der Waals surface area contributed by atoms with E-state index in [1.807, 2.05) is 6.26 Å². The first kappa shape index (κ1) is 18.8. The van der Waals surface area contributed by atoms with Crippen LogP contribution in [0.4, 0.5) is 0 Å². The van der Waals surface area contributed by atoms with Crippen molar-refractivity contribution in [2.45, 2.75) is 10.3 Å². The van der Waals surface area contributed by atoms with E-state index in [9.17, 15) is 8.42 Å². The average Bonchev–Trinajstić information content (AvgIpc) is 3.23. The molecule has 136 valence electrons. The van der Waals surface area contributed by atoms with Crippen molar-refractivity contribution < 1.29 is 8.42 Å². The molecule has 10 nitrogen and oxygen atoms in total. The molecule has 0 aliphatic rings. The van der Waals surface area contributed by atoms with Gasteiger partial charge >= 0.3 is 0 Å². The van der Waals surface area contributed by atoms with Gasteiger partial charge in [-0.25, -0.2) is 13.4 Å². The van der Waals surface area contributed by atoms with Gasteiger partial charge in [-0.2, -0.15) is 34.2 Å². The van der Waals surface area contributed by atoms with Crippen LogP contribution >= 0.6 is 35.0 Å². The molecule has 4 heterocycles. The molecule has 0 aromatic carbocycles. The van der Waals surface area contributed by atoms with Crippen molar-refractivity contribution in [3.05, 3.63) is 35.1 Å². The third-order valence-corrected chi connectivity index (χ3v) is 4.79. The molecule has 0 N–H and O–H groups in total. The summed E-state index contributed by atoms with van der Waals surface area (Å²) >= 11 is 13.0. The van der Waals surface area contributed by atoms with Crippen LogP contribution in [0, 0.1) is 0 Å². The van der Waals surface area contributed by atoms with E-state index in [0.29, 0.717) is 16.1 Å². The Labute approximate surface area is 161 Å². The second kappa shape index (κ2) is 7.31. The van der Waals surface area contributed by atoms with Crippen molar-refractivity contribution in [2.75, 3.05) is 12.5 Å². The average molecular weight is 433 g/mol. The van der Waals surface area contributed by atoms with Crippen LogP contribution in [-0.2, 0) is 9.84 Å². The van der Waals surface area contributed by atoms with E-state index in [1.165, 1.54) is 27.0 Å². The number of nitrogens with zero attached hydrogens (tertiary/aromatic N) is 8. The van der Waals surface area contributed by atoms with Gasteiger partial charge in [0.2, 0.25) is 20.4 Å². The Morgan fingerprint density at radius 1 is 0.923 bits per heavy atom. The summed E-state index contributed by atoms with van der Waals surface area (Å²) in [6, 6.07) is 3.33. The van der Waals surface area contributed by atoms with Crippen LogP contribution in [0.3, 0.4) is 0 Å². The van der Waals surface area contributed by atoms with E-state index in [4.69, 9.17) is 23.2 Å². The molecule has 0 unspecified atom stereocenters. The maximum atomic E-state index is 11.1. The molecule has 4 rings (SSSR count). The normalized spacial score (nSPS) is 11.5. The van der Waals surface area contributed by atoms with E-state index in [1.54, 1.807) is 18.3 Å². The molecule has 0 bridgehead atoms. The lowest BCUT2D eigenvalue weighted by Crippen LogP contribution is -2.07. The monoisotopic (exact) mass is 432 g/mol. The zero-order valence-electron chi connectivity index (χ0n) is 13.3. The molecule has 0 radical (unpaired) electrons. The summed E-state index contributed by atoms with van der Waals surface area (Å²) in [5.41, 5.74) is 1.07. The maximum absolute atomic E-state index is 11.1. The number of fused-ring (bicyclic) bond motifs is 2. The predicted molar refractivity (Wildman–Crippen MR) is 96.5 cm³/mol. The summed E-state index contributed by atoms with van der Waals surface area (Å²) in [6.45, 7) is 0. The summed E-state index contributed by atoms with van der Waals surface area (Å²) in [5.74, 6) is 0. The molecular weight excluding hydrogens is 423 g/mol. The van der Waals surface area contributed by atoms with E-state index in [2.05, 4.69) is 30.1 Å². The molecule has 26 heavy (non-hydrogen) atoms. The van der Waals surface area contributed by atoms with Crippen molar-refractivity contribution >= 4 is 56.1 Å². The molecule has 0 spiro atoms. The van der Waals surface area contributed by atoms with Crippen LogP contribution in [0.25, 0.3) is 11.3 Å². The fraction of sp³-hybridized carbons (Fsp3) is 0.167. The summed E-state index contributed by atoms with van der Waals surface area (Å²) in [5, 5.41) is 8.43. The lowest BCUT2D eigenvalue weighted by molar-refractivity contribution is 0.591. The SMILES string of the molecule is CS(=O)(=O)c1nc(Cl)n2nccc2n1.CSc1nc(Cl)n2nccc2n1. The Morgan fingerprint density at radius 2 is 1.46 bits per heavy atom. The minimum absolute atomic E-state index is 0.0274. The van der Waals surface area contributed by atoms with E-state index < -0.39 is 9.84 Å². The number of halogens is 2. The Hall–Kier alpha value is -2.02. The first-order chi connectivity index (χ1) is 12.3. The van der Waals surface area contributed by atoms with E-state index in [-0.39, 0.29) is 10.4 Å². The van der Waals surface area contributed by atoms with Gasteiger partial charge in [-0.1, -0.05) is 11.8 Å². The van der Waals surface area contributed by atoms with Crippen molar-refractivity contribution in [1.29, 1.82) is 0 Å². The lowest BCUT2D eigenvalue weighted by Gasteiger charge is -1.99. The Morgan fingerprint density at radius 3 is 2.00 bits per heavy atom. The molecule has 4 aromatic rings. The second-order valence-electron chi connectivity index (χ2n) is 4.73. The van der Waals surface area contributed by atoms with Gasteiger partial charge in [-0.05, 0) is 29.5 Å². The molecule has 0 saturated heterocycles. The number of aromatic nitrogens is 8. The molecule has 0 saturated carbocycles. The van der Waals surface area contributed by atoms with Gasteiger partial charge in [0.15, 0.2) is 16.5 Å². The topological polar surface area (TPSA) is 120 Å². The van der Waals surface area contributed by atoms with Crippen LogP contribution < -0.4 is 0 Å². The highest BCUT2D eigenvalue weighted by Crippen LogP contribution is 2.14. The highest BCUT2D eigenvalue weighted by atomic mass is 35.5. The summed E-state index contributed by atoms with van der Waals surface area (Å²) < 4.78 is 25.0. The lowest BCUT2D eigenvalue weighted by atomic mass is 10.7. The van der Waals surface area contributed by atoms with Crippen LogP contribution in [0.15, 0.2) is 34.8 Å². The molecule has 0 aliphatic carbocycles. The van der Waals surface area contributed by atoms with Gasteiger partial charge in [0, 0.05) is 18.4 Å². The zero-order valence-corrected chi connectivity index (χ0v) is 16.4. The molecular formula is C12H10Cl2N8O2S2. The number of hydrogen-bond donors (Lipinski definition) is 0. The Balaban J connectivity index is 0.000000152. The Kier molecular flexibility index (Phi) is 5.27. The standard InChI is InChI=1S/C6H5ClN4O2S.C6H5ClN4S/c1-14(12,13)6-9-4-2-3-8-11(4)5(7)10-6;1-12-6-9-4-2-3-8-11(4)5(7)10-6/h2-3H,1H3;2-3H,1H3. The second-order valence-corrected chi connectivity index (χ2v) is 8.09. The van der Waals surface area contributed by atoms with E-state index >= 15 is 0 Å². The van der Waals surface area contributed by atoms with Crippen LogP contribution in [0.2, 0.25) is 10.6 Å². The summed E-state index contributed by atoms with van der Waals surface area (Å²) in [6.07, 6.45) is 6.02. The van der Waals surface area contributed by atoms with Crippen LogP contribution in [-0.4, -0.2) is 60.1 Å². The molecule has 4 aromatic heterocycles. The first-order valence-electron chi connectivity index (χ1n) is 6.78. The van der Waals surface area contributed by atoms with Crippen molar-refractivity contribution in [2.24, 2.45) is 0 Å². The third-order valence-electron chi connectivity index (χ3n) is 2.91. The van der Waals surface area contributed by atoms with Crippen LogP contribution in [0.5, 0.6) is 0 Å². The number of rotatable bonds is 2. The number of thioether (sulfide) groups is 1. The molecule has 0 aliphatic heterocycles. The van der Waals surface area contributed by atoms with Gasteiger partial charge in [-0.15, -0.1) is 0 Å². The molecule has 14 heteroatoms. The first-order valence-corrected chi connectivity index (χ1v) is 10.7. The van der Waals surface area contributed by atoms with Gasteiger partial charge in [0.1, 0.15) is 0 Å². The smallest absolute Gasteiger partial charge is 0.221 e. The van der Waals surface area contributed by atoms with Crippen molar-refractivity contribution in [3.8, 4) is 0 Å². The fourth-order valence-corrected chi connectivity index (χ4v) is 3.20. The third kappa shape index (κ3) is 3.87. The quantitative estimate of drug-likeness (QED) is 0.435. The predicted octanol–water partition coefficient (Wildman–Crippen LogP) is 1.68. The maximum Gasteiger partial charge on any atom is 0.251 e. The van der Waals surface area contributed by atoms with Gasteiger partial charge in [-0.3, -0.25) is 0 Å². The molecule has 0 fully saturated rings. The molecule has 0 amide bonds. The number of hydrogen-bond acceptors (Lipinski definition) is 9. The highest BCUT2D eigenvalue weighted by molar-refractivity contribution is 7.98. The minimum atomic E-state index is -3.44. The largest absolute Gasteiger partial charge is 0.251 e. The summed E-state index contributed by atoms with van der Waals surface area (Å²) in [7, 11) is -3.44. The van der Waals surface area contributed by atoms with Gasteiger partial charge in [0.05, 0.1) is 12.4 Å².